The monoisotopic (exact) mass is 328 g/mol. The predicted molar refractivity (Wildman–Crippen MR) is 87.7 cm³/mol. The number of hydrogen-bond donors (Lipinski definition) is 3. The van der Waals surface area contributed by atoms with Gasteiger partial charge >= 0.3 is 0 Å². The van der Waals surface area contributed by atoms with Gasteiger partial charge in [0.05, 0.1) is 4.92 Å². The zero-order chi connectivity index (χ0) is 17.3. The maximum atomic E-state index is 12.1. The molecule has 0 radical (unpaired) electrons. The molecule has 24 heavy (non-hydrogen) atoms. The van der Waals surface area contributed by atoms with Crippen LogP contribution in [0.2, 0.25) is 0 Å². The van der Waals surface area contributed by atoms with Crippen molar-refractivity contribution in [3.05, 3.63) is 57.8 Å². The molecule has 8 nitrogen and oxygen atoms in total. The van der Waals surface area contributed by atoms with Crippen LogP contribution < -0.4 is 10.6 Å². The molecule has 0 spiro atoms. The molecule has 0 saturated heterocycles. The molecule has 1 aromatic heterocycles. The summed E-state index contributed by atoms with van der Waals surface area (Å²) in [4.78, 5) is 26.4. The summed E-state index contributed by atoms with van der Waals surface area (Å²) in [6.07, 6.45) is 1.33. The number of hydrogen-bond acceptors (Lipinski definition) is 6. The van der Waals surface area contributed by atoms with Crippen LogP contribution in [0.4, 0.5) is 17.2 Å². The largest absolute Gasteiger partial charge is 0.375 e. The summed E-state index contributed by atoms with van der Waals surface area (Å²) >= 11 is 0. The summed E-state index contributed by atoms with van der Waals surface area (Å²) in [6, 6.07) is 8.55. The fourth-order valence-corrected chi connectivity index (χ4v) is 2.76. The van der Waals surface area contributed by atoms with Gasteiger partial charge in [-0.15, -0.1) is 0 Å². The Morgan fingerprint density at radius 1 is 1.42 bits per heavy atom. The molecule has 3 N–H and O–H groups in total. The van der Waals surface area contributed by atoms with Crippen LogP contribution in [0.15, 0.2) is 36.5 Å². The second kappa shape index (κ2) is 5.89. The van der Waals surface area contributed by atoms with Crippen LogP contribution in [-0.2, 0) is 10.4 Å². The average molecular weight is 328 g/mol. The molecule has 0 fully saturated rings. The lowest BCUT2D eigenvalue weighted by Gasteiger charge is -2.21. The third-order valence-electron chi connectivity index (χ3n) is 4.07. The van der Waals surface area contributed by atoms with E-state index >= 15 is 0 Å². The Labute approximate surface area is 137 Å². The molecule has 0 bridgehead atoms. The number of benzene rings is 1. The lowest BCUT2D eigenvalue weighted by molar-refractivity contribution is -0.385. The Bertz CT molecular complexity index is 823. The Balaban J connectivity index is 1.70. The Hall–Kier alpha value is -3.00. The molecule has 124 valence electrons. The first-order valence-corrected chi connectivity index (χ1v) is 7.40. The Kier molecular flexibility index (Phi) is 3.90. The van der Waals surface area contributed by atoms with Gasteiger partial charge in [0.2, 0.25) is 0 Å². The van der Waals surface area contributed by atoms with Gasteiger partial charge in [-0.1, -0.05) is 18.2 Å². The second-order valence-corrected chi connectivity index (χ2v) is 5.65. The molecule has 0 aliphatic carbocycles. The highest BCUT2D eigenvalue weighted by Gasteiger charge is 2.44. The number of aliphatic hydroxyl groups is 1. The summed E-state index contributed by atoms with van der Waals surface area (Å²) < 4.78 is 0. The van der Waals surface area contributed by atoms with Crippen molar-refractivity contribution in [2.75, 3.05) is 17.2 Å². The third kappa shape index (κ3) is 2.67. The number of anilines is 2. The van der Waals surface area contributed by atoms with E-state index in [9.17, 15) is 20.0 Å². The Morgan fingerprint density at radius 3 is 2.88 bits per heavy atom. The summed E-state index contributed by atoms with van der Waals surface area (Å²) in [5.74, 6) is -0.00766. The van der Waals surface area contributed by atoms with E-state index in [1.165, 1.54) is 6.20 Å². The molecule has 1 atom stereocenters. The van der Waals surface area contributed by atoms with Gasteiger partial charge in [-0.3, -0.25) is 14.9 Å². The van der Waals surface area contributed by atoms with Crippen molar-refractivity contribution in [1.29, 1.82) is 0 Å². The van der Waals surface area contributed by atoms with Gasteiger partial charge < -0.3 is 15.7 Å². The first-order valence-electron chi connectivity index (χ1n) is 7.40. The summed E-state index contributed by atoms with van der Waals surface area (Å²) in [5.41, 5.74) is -0.0123. The number of fused-ring (bicyclic) bond motifs is 1. The number of pyridine rings is 1. The van der Waals surface area contributed by atoms with Crippen LogP contribution in [0.1, 0.15) is 17.5 Å². The fraction of sp³-hybridized carbons (Fsp3) is 0.250. The molecule has 2 heterocycles. The molecule has 1 unspecified atom stereocenters. The van der Waals surface area contributed by atoms with Crippen LogP contribution in [0, 0.1) is 17.0 Å². The van der Waals surface area contributed by atoms with Gasteiger partial charge in [-0.25, -0.2) is 4.98 Å². The van der Waals surface area contributed by atoms with E-state index in [2.05, 4.69) is 15.6 Å². The maximum Gasteiger partial charge on any atom is 0.290 e. The average Bonchev–Trinajstić information content (AvgIpc) is 2.79. The van der Waals surface area contributed by atoms with Crippen molar-refractivity contribution in [3.63, 3.8) is 0 Å². The van der Waals surface area contributed by atoms with Crippen LogP contribution in [0.3, 0.4) is 0 Å². The van der Waals surface area contributed by atoms with Crippen molar-refractivity contribution < 1.29 is 14.8 Å². The highest BCUT2D eigenvalue weighted by Crippen LogP contribution is 2.37. The summed E-state index contributed by atoms with van der Waals surface area (Å²) in [6.45, 7) is 1.90. The van der Waals surface area contributed by atoms with Crippen LogP contribution in [0.25, 0.3) is 0 Å². The van der Waals surface area contributed by atoms with E-state index in [-0.39, 0.29) is 18.7 Å². The second-order valence-electron chi connectivity index (χ2n) is 5.65. The lowest BCUT2D eigenvalue weighted by atomic mass is 9.92. The predicted octanol–water partition coefficient (Wildman–Crippen LogP) is 1.94. The number of amides is 1. The van der Waals surface area contributed by atoms with Crippen molar-refractivity contribution in [1.82, 2.24) is 4.98 Å². The highest BCUT2D eigenvalue weighted by molar-refractivity contribution is 6.04. The first-order chi connectivity index (χ1) is 11.4. The number of nitrogens with one attached hydrogen (secondary N) is 2. The maximum absolute atomic E-state index is 12.1. The normalized spacial score (nSPS) is 18.8. The summed E-state index contributed by atoms with van der Waals surface area (Å²) in [5, 5.41) is 27.1. The molecule has 1 aliphatic rings. The Morgan fingerprint density at radius 2 is 2.17 bits per heavy atom. The topological polar surface area (TPSA) is 117 Å². The van der Waals surface area contributed by atoms with E-state index in [1.807, 2.05) is 0 Å². The lowest BCUT2D eigenvalue weighted by Crippen LogP contribution is -2.36. The molecular formula is C16H16N4O4. The molecule has 1 aliphatic heterocycles. The number of aryl methyl sites for hydroxylation is 1. The van der Waals surface area contributed by atoms with Crippen LogP contribution in [0.5, 0.6) is 0 Å². The quantitative estimate of drug-likeness (QED) is 0.570. The zero-order valence-electron chi connectivity index (χ0n) is 12.9. The van der Waals surface area contributed by atoms with E-state index in [1.54, 1.807) is 37.3 Å². The van der Waals surface area contributed by atoms with E-state index < -0.39 is 16.4 Å². The van der Waals surface area contributed by atoms with Crippen LogP contribution in [-0.4, -0.2) is 27.5 Å². The zero-order valence-corrected chi connectivity index (χ0v) is 12.9. The number of rotatable bonds is 5. The molecular weight excluding hydrogens is 312 g/mol. The minimum Gasteiger partial charge on any atom is -0.375 e. The molecule has 1 amide bonds. The smallest absolute Gasteiger partial charge is 0.290 e. The van der Waals surface area contributed by atoms with Gasteiger partial charge in [-0.2, -0.15) is 0 Å². The van der Waals surface area contributed by atoms with Crippen LogP contribution >= 0.6 is 0 Å². The summed E-state index contributed by atoms with van der Waals surface area (Å²) in [7, 11) is 0. The number of para-hydroxylation sites is 1. The van der Waals surface area contributed by atoms with Gasteiger partial charge in [-0.05, 0) is 19.1 Å². The number of carbonyl (C=O) groups is 1. The minimum absolute atomic E-state index is 0.0525. The molecule has 1 aromatic carbocycles. The fourth-order valence-electron chi connectivity index (χ4n) is 2.76. The number of nitro groups is 1. The van der Waals surface area contributed by atoms with E-state index in [4.69, 9.17) is 0 Å². The highest BCUT2D eigenvalue weighted by atomic mass is 16.6. The molecule has 2 aromatic rings. The van der Waals surface area contributed by atoms with E-state index in [0.717, 1.165) is 0 Å². The van der Waals surface area contributed by atoms with Gasteiger partial charge in [0, 0.05) is 29.8 Å². The van der Waals surface area contributed by atoms with E-state index in [0.29, 0.717) is 22.6 Å². The molecule has 0 saturated carbocycles. The van der Waals surface area contributed by atoms with Gasteiger partial charge in [0.1, 0.15) is 12.0 Å². The van der Waals surface area contributed by atoms with Gasteiger partial charge in [0.25, 0.3) is 11.6 Å². The molecule has 8 heteroatoms. The number of nitrogens with zero attached hydrogens (tertiary/aromatic N) is 2. The van der Waals surface area contributed by atoms with Crippen molar-refractivity contribution in [2.24, 2.45) is 0 Å². The first kappa shape index (κ1) is 15.9. The standard InChI is InChI=1S/C16H16N4O4/c1-10-8-14(18-9-13(10)20(23)24)17-7-6-16(22)11-4-2-3-5-12(11)19-15(16)21/h2-5,8-9,22H,6-7H2,1H3,(H,17,18)(H,19,21). The van der Waals surface area contributed by atoms with Crippen molar-refractivity contribution in [2.45, 2.75) is 18.9 Å². The SMILES string of the molecule is Cc1cc(NCCC2(O)C(=O)Nc3ccccc32)ncc1[N+](=O)[O-]. The van der Waals surface area contributed by atoms with Crippen molar-refractivity contribution in [3.8, 4) is 0 Å². The minimum atomic E-state index is -1.60. The van der Waals surface area contributed by atoms with Gasteiger partial charge in [0.15, 0.2) is 5.60 Å². The molecule has 3 rings (SSSR count). The third-order valence-corrected chi connectivity index (χ3v) is 4.07. The number of carbonyl (C=O) groups excluding carboxylic acids is 1. The number of aromatic nitrogens is 1. The van der Waals surface area contributed by atoms with Crippen molar-refractivity contribution >= 4 is 23.1 Å².